The zero-order valence-corrected chi connectivity index (χ0v) is 16.8. The molecule has 1 aromatic carbocycles. The quantitative estimate of drug-likeness (QED) is 0.546. The van der Waals surface area contributed by atoms with Crippen molar-refractivity contribution in [3.63, 3.8) is 0 Å². The zero-order chi connectivity index (χ0) is 20.8. The van der Waals surface area contributed by atoms with E-state index >= 15 is 0 Å². The van der Waals surface area contributed by atoms with Crippen LogP contribution in [0.1, 0.15) is 45.7 Å². The molecule has 0 saturated heterocycles. The average molecular weight is 392 g/mol. The first kappa shape index (κ1) is 21.5. The van der Waals surface area contributed by atoms with E-state index in [2.05, 4.69) is 20.8 Å². The van der Waals surface area contributed by atoms with Crippen LogP contribution in [0.5, 0.6) is 0 Å². The summed E-state index contributed by atoms with van der Waals surface area (Å²) in [7, 11) is 0. The van der Waals surface area contributed by atoms with E-state index in [0.717, 1.165) is 6.07 Å². The fraction of sp³-hybridized carbons (Fsp3) is 0.474. The average Bonchev–Trinajstić information content (AvgIpc) is 2.93. The number of amides is 1. The Morgan fingerprint density at radius 2 is 1.79 bits per heavy atom. The molecule has 2 aromatic rings. The van der Waals surface area contributed by atoms with Crippen LogP contribution in [-0.2, 0) is 17.9 Å². The summed E-state index contributed by atoms with van der Waals surface area (Å²) < 4.78 is 28.4. The van der Waals surface area contributed by atoms with Crippen LogP contribution in [-0.4, -0.2) is 32.8 Å². The van der Waals surface area contributed by atoms with Crippen molar-refractivity contribution < 1.29 is 13.6 Å². The van der Waals surface area contributed by atoms with E-state index in [4.69, 9.17) is 0 Å². The first-order valence-electron chi connectivity index (χ1n) is 9.11. The Morgan fingerprint density at radius 1 is 1.18 bits per heavy atom. The highest BCUT2D eigenvalue weighted by molar-refractivity contribution is 5.72. The number of aromatic nitrogens is 2. The highest BCUT2D eigenvalue weighted by atomic mass is 19.1. The van der Waals surface area contributed by atoms with Crippen molar-refractivity contribution in [3.8, 4) is 0 Å². The largest absolute Gasteiger partial charge is 0.352 e. The molecule has 1 aromatic heterocycles. The second-order valence-electron chi connectivity index (χ2n) is 7.12. The number of carbonyl (C=O) groups excluding carboxylic acids is 1. The molecule has 1 N–H and O–H groups in total. The monoisotopic (exact) mass is 392 g/mol. The van der Waals surface area contributed by atoms with E-state index < -0.39 is 11.6 Å². The Bertz CT molecular complexity index is 819. The molecule has 0 unspecified atom stereocenters. The molecule has 0 radical (unpaired) electrons. The number of nitrogens with zero attached hydrogens (tertiary/aromatic N) is 5. The predicted molar refractivity (Wildman–Crippen MR) is 102 cm³/mol. The Labute approximate surface area is 163 Å². The topological polar surface area (TPSA) is 74.9 Å². The third-order valence-electron chi connectivity index (χ3n) is 3.91. The van der Waals surface area contributed by atoms with Crippen molar-refractivity contribution in [1.29, 1.82) is 0 Å². The number of carbonyl (C=O) groups is 1. The summed E-state index contributed by atoms with van der Waals surface area (Å²) in [5.41, 5.74) is 1.09. The van der Waals surface area contributed by atoms with Gasteiger partial charge in [-0.05, 0) is 45.4 Å². The van der Waals surface area contributed by atoms with Gasteiger partial charge in [-0.3, -0.25) is 14.5 Å². The lowest BCUT2D eigenvalue weighted by Crippen LogP contribution is -2.31. The summed E-state index contributed by atoms with van der Waals surface area (Å²) in [6.45, 7) is 9.84. The van der Waals surface area contributed by atoms with E-state index in [1.807, 2.05) is 32.7 Å². The summed E-state index contributed by atoms with van der Waals surface area (Å²) >= 11 is 0. The van der Waals surface area contributed by atoms with E-state index in [1.165, 1.54) is 23.7 Å². The fourth-order valence-corrected chi connectivity index (χ4v) is 2.75. The molecule has 28 heavy (non-hydrogen) atoms. The maximum absolute atomic E-state index is 13.4. The van der Waals surface area contributed by atoms with Crippen molar-refractivity contribution in [2.45, 2.75) is 59.8 Å². The van der Waals surface area contributed by atoms with Crippen LogP contribution in [0, 0.1) is 11.6 Å². The van der Waals surface area contributed by atoms with E-state index in [-0.39, 0.29) is 31.1 Å². The molecular formula is C19H26F2N6O. The molecule has 0 atom stereocenters. The third-order valence-corrected chi connectivity index (χ3v) is 3.91. The van der Waals surface area contributed by atoms with Crippen LogP contribution in [0.15, 0.2) is 34.7 Å². The summed E-state index contributed by atoms with van der Waals surface area (Å²) in [6.07, 6.45) is 1.68. The van der Waals surface area contributed by atoms with Crippen LogP contribution < -0.4 is 5.32 Å². The van der Waals surface area contributed by atoms with Crippen molar-refractivity contribution in [2.75, 3.05) is 0 Å². The molecule has 0 saturated carbocycles. The minimum absolute atomic E-state index is 0.153. The normalized spacial score (nSPS) is 11.6. The third kappa shape index (κ3) is 6.11. The standard InChI is InChI=1S/C19H26F2N6O/c1-12(2)27(13(3)4)25-23-19-16(9-22-14(5)28)11-26(24-19)10-15-6-17(20)8-18(21)7-15/h6-8,11-13H,9-10H2,1-5H3,(H,22,28). The van der Waals surface area contributed by atoms with Crippen molar-refractivity contribution in [2.24, 2.45) is 10.3 Å². The minimum Gasteiger partial charge on any atom is -0.352 e. The number of hydrogen-bond donors (Lipinski definition) is 1. The lowest BCUT2D eigenvalue weighted by Gasteiger charge is -2.25. The van der Waals surface area contributed by atoms with Gasteiger partial charge in [-0.15, -0.1) is 5.11 Å². The molecule has 7 nitrogen and oxygen atoms in total. The van der Waals surface area contributed by atoms with Gasteiger partial charge in [0.15, 0.2) is 0 Å². The molecule has 0 aliphatic heterocycles. The fourth-order valence-electron chi connectivity index (χ4n) is 2.75. The Balaban J connectivity index is 2.30. The zero-order valence-electron chi connectivity index (χ0n) is 16.8. The first-order valence-corrected chi connectivity index (χ1v) is 9.11. The van der Waals surface area contributed by atoms with Gasteiger partial charge in [0, 0.05) is 43.4 Å². The molecule has 9 heteroatoms. The van der Waals surface area contributed by atoms with Gasteiger partial charge in [-0.25, -0.2) is 8.78 Å². The van der Waals surface area contributed by atoms with Gasteiger partial charge in [-0.2, -0.15) is 5.10 Å². The Kier molecular flexibility index (Phi) is 7.19. The minimum atomic E-state index is -0.648. The molecule has 0 bridgehead atoms. The van der Waals surface area contributed by atoms with Crippen LogP contribution in [0.2, 0.25) is 0 Å². The number of rotatable bonds is 8. The molecule has 152 valence electrons. The van der Waals surface area contributed by atoms with Crippen LogP contribution in [0.4, 0.5) is 14.6 Å². The molecule has 0 aliphatic carbocycles. The van der Waals surface area contributed by atoms with Crippen molar-refractivity contribution in [3.05, 3.63) is 47.2 Å². The summed E-state index contributed by atoms with van der Waals surface area (Å²) in [5, 5.41) is 17.4. The van der Waals surface area contributed by atoms with Crippen LogP contribution in [0.3, 0.4) is 0 Å². The van der Waals surface area contributed by atoms with Gasteiger partial charge in [0.05, 0.1) is 6.54 Å². The second kappa shape index (κ2) is 9.38. The molecule has 0 spiro atoms. The molecule has 0 aliphatic rings. The highest BCUT2D eigenvalue weighted by Crippen LogP contribution is 2.20. The van der Waals surface area contributed by atoms with Gasteiger partial charge < -0.3 is 5.32 Å². The number of nitrogens with one attached hydrogen (secondary N) is 1. The maximum atomic E-state index is 13.4. The molecule has 1 heterocycles. The number of hydrogen-bond acceptors (Lipinski definition) is 4. The van der Waals surface area contributed by atoms with Gasteiger partial charge >= 0.3 is 0 Å². The first-order chi connectivity index (χ1) is 13.2. The SMILES string of the molecule is CC(=O)NCc1cn(Cc2cc(F)cc(F)c2)nc1N=NN(C(C)C)C(C)C. The Hall–Kier alpha value is -2.84. The predicted octanol–water partition coefficient (Wildman–Crippen LogP) is 3.96. The van der Waals surface area contributed by atoms with Crippen LogP contribution in [0.25, 0.3) is 0 Å². The van der Waals surface area contributed by atoms with E-state index in [9.17, 15) is 13.6 Å². The van der Waals surface area contributed by atoms with Gasteiger partial charge in [-0.1, -0.05) is 5.22 Å². The lowest BCUT2D eigenvalue weighted by molar-refractivity contribution is -0.119. The smallest absolute Gasteiger partial charge is 0.217 e. The highest BCUT2D eigenvalue weighted by Gasteiger charge is 2.14. The summed E-state index contributed by atoms with van der Waals surface area (Å²) in [4.78, 5) is 11.3. The molecule has 1 amide bonds. The summed E-state index contributed by atoms with van der Waals surface area (Å²) in [6, 6.07) is 3.62. The van der Waals surface area contributed by atoms with Gasteiger partial charge in [0.2, 0.25) is 11.7 Å². The summed E-state index contributed by atoms with van der Waals surface area (Å²) in [5.74, 6) is -1.14. The van der Waals surface area contributed by atoms with Gasteiger partial charge in [0.1, 0.15) is 11.6 Å². The van der Waals surface area contributed by atoms with Gasteiger partial charge in [0.25, 0.3) is 0 Å². The Morgan fingerprint density at radius 3 is 2.32 bits per heavy atom. The van der Waals surface area contributed by atoms with E-state index in [1.54, 1.807) is 6.20 Å². The van der Waals surface area contributed by atoms with Crippen molar-refractivity contribution >= 4 is 11.7 Å². The molecule has 0 fully saturated rings. The van der Waals surface area contributed by atoms with Crippen LogP contribution >= 0.6 is 0 Å². The molecule has 2 rings (SSSR count). The maximum Gasteiger partial charge on any atom is 0.217 e. The number of benzene rings is 1. The molecular weight excluding hydrogens is 366 g/mol. The van der Waals surface area contributed by atoms with Crippen molar-refractivity contribution in [1.82, 2.24) is 20.1 Å². The second-order valence-corrected chi connectivity index (χ2v) is 7.12. The number of halogens is 2. The van der Waals surface area contributed by atoms with E-state index in [0.29, 0.717) is 16.9 Å². The lowest BCUT2D eigenvalue weighted by atomic mass is 10.2.